The number of benzene rings is 1. The van der Waals surface area contributed by atoms with E-state index in [9.17, 15) is 9.59 Å². The highest BCUT2D eigenvalue weighted by molar-refractivity contribution is 6.34. The molecule has 0 saturated heterocycles. The molecule has 0 aliphatic carbocycles. The number of amides is 2. The molecule has 1 aromatic heterocycles. The Hall–Kier alpha value is -2.49. The molecule has 1 aromatic carbocycles. The summed E-state index contributed by atoms with van der Waals surface area (Å²) in [6.45, 7) is 8.28. The zero-order valence-corrected chi connectivity index (χ0v) is 13.8. The van der Waals surface area contributed by atoms with Crippen LogP contribution in [0.15, 0.2) is 36.5 Å². The number of fused-ring (bicyclic) bond motifs is 1. The Bertz CT molecular complexity index is 732. The number of rotatable bonds is 3. The van der Waals surface area contributed by atoms with Crippen LogP contribution in [0.25, 0.3) is 0 Å². The van der Waals surface area contributed by atoms with Gasteiger partial charge in [-0.1, -0.05) is 45.9 Å². The van der Waals surface area contributed by atoms with Crippen LogP contribution in [0.4, 0.5) is 5.69 Å². The predicted molar refractivity (Wildman–Crippen MR) is 90.0 cm³/mol. The molecule has 0 N–H and O–H groups in total. The van der Waals surface area contributed by atoms with Crippen LogP contribution < -0.4 is 4.90 Å². The molecule has 0 spiro atoms. The molecule has 4 nitrogen and oxygen atoms in total. The molecule has 1 aliphatic heterocycles. The number of hydrogen-bond donors (Lipinski definition) is 0. The van der Waals surface area contributed by atoms with Gasteiger partial charge in [0.25, 0.3) is 11.8 Å². The van der Waals surface area contributed by atoms with Crippen molar-refractivity contribution in [2.45, 2.75) is 39.5 Å². The van der Waals surface area contributed by atoms with Gasteiger partial charge >= 0.3 is 0 Å². The molecule has 118 valence electrons. The second-order valence-electron chi connectivity index (χ2n) is 6.44. The van der Waals surface area contributed by atoms with E-state index in [2.05, 4.69) is 32.7 Å². The van der Waals surface area contributed by atoms with Crippen LogP contribution in [-0.4, -0.2) is 16.8 Å². The van der Waals surface area contributed by atoms with Crippen LogP contribution in [0.1, 0.15) is 71.5 Å². The largest absolute Gasteiger partial charge is 0.284 e. The molecule has 4 heteroatoms. The van der Waals surface area contributed by atoms with Gasteiger partial charge < -0.3 is 0 Å². The van der Waals surface area contributed by atoms with Crippen molar-refractivity contribution < 1.29 is 9.59 Å². The third-order valence-electron chi connectivity index (χ3n) is 4.21. The summed E-state index contributed by atoms with van der Waals surface area (Å²) in [4.78, 5) is 31.0. The fraction of sp³-hybridized carbons (Fsp3) is 0.316. The first kappa shape index (κ1) is 15.4. The summed E-state index contributed by atoms with van der Waals surface area (Å²) in [7, 11) is 0. The van der Waals surface area contributed by atoms with Crippen LogP contribution in [0.2, 0.25) is 0 Å². The number of aromatic nitrogens is 1. The molecule has 2 amide bonds. The molecule has 23 heavy (non-hydrogen) atoms. The van der Waals surface area contributed by atoms with Crippen molar-refractivity contribution >= 4 is 17.5 Å². The number of pyridine rings is 1. The van der Waals surface area contributed by atoms with E-state index in [4.69, 9.17) is 0 Å². The van der Waals surface area contributed by atoms with Crippen molar-refractivity contribution in [1.29, 1.82) is 0 Å². The Balaban J connectivity index is 2.24. The minimum absolute atomic E-state index is 0.209. The highest BCUT2D eigenvalue weighted by atomic mass is 16.2. The number of imide groups is 1. The Morgan fingerprint density at radius 3 is 2.00 bits per heavy atom. The summed E-state index contributed by atoms with van der Waals surface area (Å²) in [5.74, 6) is -0.198. The van der Waals surface area contributed by atoms with Crippen molar-refractivity contribution in [2.75, 3.05) is 4.90 Å². The molecule has 0 unspecified atom stereocenters. The summed E-state index contributed by atoms with van der Waals surface area (Å²) in [6, 6.07) is 9.32. The van der Waals surface area contributed by atoms with Crippen molar-refractivity contribution in [2.24, 2.45) is 0 Å². The van der Waals surface area contributed by atoms with Crippen molar-refractivity contribution in [3.8, 4) is 0 Å². The van der Waals surface area contributed by atoms with E-state index < -0.39 is 0 Å². The first-order valence-corrected chi connectivity index (χ1v) is 7.90. The topological polar surface area (TPSA) is 50.3 Å². The lowest BCUT2D eigenvalue weighted by atomic mass is 9.92. The van der Waals surface area contributed by atoms with E-state index in [1.54, 1.807) is 18.3 Å². The monoisotopic (exact) mass is 308 g/mol. The number of anilines is 1. The molecular weight excluding hydrogens is 288 g/mol. The standard InChI is InChI=1S/C19H20N2O2/c1-11(2)13-7-5-8-14(12(3)4)17(13)21-18(22)15-9-6-10-20-16(15)19(21)23/h5-12H,1-4H3. The number of para-hydroxylation sites is 1. The molecule has 0 atom stereocenters. The Morgan fingerprint density at radius 2 is 1.48 bits per heavy atom. The summed E-state index contributed by atoms with van der Waals surface area (Å²) in [5.41, 5.74) is 3.36. The number of carbonyl (C=O) groups excluding carboxylic acids is 2. The number of nitrogens with zero attached hydrogens (tertiary/aromatic N) is 2. The third-order valence-corrected chi connectivity index (χ3v) is 4.21. The molecule has 3 rings (SSSR count). The predicted octanol–water partition coefficient (Wildman–Crippen LogP) is 4.13. The number of carbonyl (C=O) groups is 2. The lowest BCUT2D eigenvalue weighted by Crippen LogP contribution is -2.32. The van der Waals surface area contributed by atoms with Crippen molar-refractivity contribution in [3.63, 3.8) is 0 Å². The quantitative estimate of drug-likeness (QED) is 0.801. The van der Waals surface area contributed by atoms with Crippen LogP contribution >= 0.6 is 0 Å². The maximum atomic E-state index is 12.8. The molecule has 2 aromatic rings. The highest BCUT2D eigenvalue weighted by Crippen LogP contribution is 2.38. The fourth-order valence-electron chi connectivity index (χ4n) is 3.04. The maximum absolute atomic E-state index is 12.8. The highest BCUT2D eigenvalue weighted by Gasteiger charge is 2.40. The van der Waals surface area contributed by atoms with E-state index in [1.165, 1.54) is 4.90 Å². The van der Waals surface area contributed by atoms with Crippen LogP contribution in [-0.2, 0) is 0 Å². The lowest BCUT2D eigenvalue weighted by Gasteiger charge is -2.25. The van der Waals surface area contributed by atoms with E-state index >= 15 is 0 Å². The van der Waals surface area contributed by atoms with Gasteiger partial charge in [-0.25, -0.2) is 4.90 Å². The number of hydrogen-bond acceptors (Lipinski definition) is 3. The fourth-order valence-corrected chi connectivity index (χ4v) is 3.04. The van der Waals surface area contributed by atoms with Gasteiger partial charge in [0.2, 0.25) is 0 Å². The maximum Gasteiger partial charge on any atom is 0.284 e. The van der Waals surface area contributed by atoms with Crippen LogP contribution in [0.5, 0.6) is 0 Å². The van der Waals surface area contributed by atoms with Gasteiger partial charge in [-0.15, -0.1) is 0 Å². The van der Waals surface area contributed by atoms with Gasteiger partial charge in [0.15, 0.2) is 0 Å². The molecule has 0 bridgehead atoms. The van der Waals surface area contributed by atoms with E-state index in [-0.39, 0.29) is 29.3 Å². The van der Waals surface area contributed by atoms with Gasteiger partial charge in [0, 0.05) is 6.20 Å². The first-order valence-electron chi connectivity index (χ1n) is 7.90. The minimum Gasteiger partial charge on any atom is -0.268 e. The average molecular weight is 308 g/mol. The summed E-state index contributed by atoms with van der Waals surface area (Å²) in [5, 5.41) is 0. The summed E-state index contributed by atoms with van der Waals surface area (Å²) < 4.78 is 0. The van der Waals surface area contributed by atoms with Crippen LogP contribution in [0, 0.1) is 0 Å². The second kappa shape index (κ2) is 5.61. The normalized spacial score (nSPS) is 14.1. The zero-order chi connectivity index (χ0) is 16.7. The first-order chi connectivity index (χ1) is 10.9. The van der Waals surface area contributed by atoms with Gasteiger partial charge in [0.1, 0.15) is 5.69 Å². The van der Waals surface area contributed by atoms with Gasteiger partial charge in [-0.3, -0.25) is 14.6 Å². The smallest absolute Gasteiger partial charge is 0.268 e. The van der Waals surface area contributed by atoms with Crippen LogP contribution in [0.3, 0.4) is 0 Å². The average Bonchev–Trinajstić information content (AvgIpc) is 2.78. The van der Waals surface area contributed by atoms with E-state index in [1.807, 2.05) is 18.2 Å². The SMILES string of the molecule is CC(C)c1cccc(C(C)C)c1N1C(=O)c2cccnc2C1=O. The Kier molecular flexibility index (Phi) is 3.76. The zero-order valence-electron chi connectivity index (χ0n) is 13.8. The van der Waals surface area contributed by atoms with Gasteiger partial charge in [-0.05, 0) is 35.1 Å². The van der Waals surface area contributed by atoms with Gasteiger partial charge in [0.05, 0.1) is 11.3 Å². The minimum atomic E-state index is -0.333. The molecule has 2 heterocycles. The molecule has 0 fully saturated rings. The second-order valence-corrected chi connectivity index (χ2v) is 6.44. The summed E-state index contributed by atoms with van der Waals surface area (Å²) in [6.07, 6.45) is 1.55. The third kappa shape index (κ3) is 2.34. The molecular formula is C19H20N2O2. The van der Waals surface area contributed by atoms with Crippen molar-refractivity contribution in [3.05, 3.63) is 58.9 Å². The van der Waals surface area contributed by atoms with E-state index in [0.717, 1.165) is 16.8 Å². The van der Waals surface area contributed by atoms with Gasteiger partial charge in [-0.2, -0.15) is 0 Å². The Morgan fingerprint density at radius 1 is 0.870 bits per heavy atom. The summed E-state index contributed by atoms with van der Waals surface area (Å²) >= 11 is 0. The Labute approximate surface area is 136 Å². The molecule has 0 radical (unpaired) electrons. The van der Waals surface area contributed by atoms with Crippen molar-refractivity contribution in [1.82, 2.24) is 4.98 Å². The molecule has 0 saturated carbocycles. The lowest BCUT2D eigenvalue weighted by molar-refractivity contribution is 0.0924. The van der Waals surface area contributed by atoms with E-state index in [0.29, 0.717) is 5.56 Å². The molecule has 1 aliphatic rings.